The Bertz CT molecular complexity index is 1090. The second-order valence-corrected chi connectivity index (χ2v) is 8.22. The minimum absolute atomic E-state index is 0. The molecule has 37 heavy (non-hydrogen) atoms. The predicted octanol–water partition coefficient (Wildman–Crippen LogP) is 3.10. The number of anilines is 1. The third-order valence-electron chi connectivity index (χ3n) is 5.55. The highest BCUT2D eigenvalue weighted by atomic mass is 35.5. The zero-order valence-corrected chi connectivity index (χ0v) is 22.0. The van der Waals surface area contributed by atoms with E-state index in [9.17, 15) is 9.59 Å². The highest BCUT2D eigenvalue weighted by Gasteiger charge is 2.27. The zero-order valence-electron chi connectivity index (χ0n) is 20.4. The smallest absolute Gasteiger partial charge is 0.242 e. The van der Waals surface area contributed by atoms with Gasteiger partial charge >= 0.3 is 0 Å². The molecule has 8 nitrogen and oxygen atoms in total. The molecule has 0 aliphatic carbocycles. The van der Waals surface area contributed by atoms with Crippen LogP contribution in [0.2, 0.25) is 0 Å². The number of amides is 2. The molecule has 0 heterocycles. The number of benzene rings is 3. The molecule has 3 aromatic rings. The van der Waals surface area contributed by atoms with Gasteiger partial charge in [-0.3, -0.25) is 14.6 Å². The van der Waals surface area contributed by atoms with Gasteiger partial charge < -0.3 is 27.8 Å². The summed E-state index contributed by atoms with van der Waals surface area (Å²) in [5.74, 6) is -1.09. The number of nitrogens with one attached hydrogen (secondary N) is 2. The standard InChI is InChI=1S/C27H32N6O2.2ClH/c28-22-15-13-19(14-16-22)18-32-25(34)23(12-7-17-31-27(29)30)33-26(35)24(20-8-3-1-4-9-20)21-10-5-2-6-11-21;;/h1-6,8-11,13-16,23-24H,7,12,17-18,28H2,(H,32,34)(H,33,35)(H4,29,30,31);2*1H/t23-;;/m1../s1. The lowest BCUT2D eigenvalue weighted by molar-refractivity contribution is -0.129. The van der Waals surface area contributed by atoms with Crippen molar-refractivity contribution in [3.8, 4) is 0 Å². The molecule has 10 heteroatoms. The van der Waals surface area contributed by atoms with E-state index in [2.05, 4.69) is 15.6 Å². The van der Waals surface area contributed by atoms with Gasteiger partial charge in [-0.25, -0.2) is 0 Å². The van der Waals surface area contributed by atoms with Gasteiger partial charge in [-0.15, -0.1) is 24.8 Å². The van der Waals surface area contributed by atoms with E-state index in [4.69, 9.17) is 17.2 Å². The molecule has 2 amide bonds. The van der Waals surface area contributed by atoms with Crippen LogP contribution in [-0.4, -0.2) is 30.4 Å². The summed E-state index contributed by atoms with van der Waals surface area (Å²) in [6.07, 6.45) is 0.909. The van der Waals surface area contributed by atoms with Gasteiger partial charge in [0.2, 0.25) is 11.8 Å². The van der Waals surface area contributed by atoms with Crippen molar-refractivity contribution in [2.24, 2.45) is 16.5 Å². The molecule has 0 bridgehead atoms. The van der Waals surface area contributed by atoms with E-state index in [1.54, 1.807) is 12.1 Å². The Kier molecular flexibility index (Phi) is 13.6. The average molecular weight is 546 g/mol. The molecule has 0 aromatic heterocycles. The van der Waals surface area contributed by atoms with Gasteiger partial charge in [0, 0.05) is 18.8 Å². The number of nitrogens with two attached hydrogens (primary N) is 3. The summed E-state index contributed by atoms with van der Waals surface area (Å²) in [4.78, 5) is 30.6. The summed E-state index contributed by atoms with van der Waals surface area (Å²) in [5, 5.41) is 5.88. The van der Waals surface area contributed by atoms with Crippen LogP contribution in [0.4, 0.5) is 5.69 Å². The van der Waals surface area contributed by atoms with Gasteiger partial charge in [0.05, 0.1) is 5.92 Å². The average Bonchev–Trinajstić information content (AvgIpc) is 2.86. The second-order valence-electron chi connectivity index (χ2n) is 8.22. The summed E-state index contributed by atoms with van der Waals surface area (Å²) in [6, 6.07) is 25.5. The van der Waals surface area contributed by atoms with E-state index in [-0.39, 0.29) is 42.6 Å². The Morgan fingerprint density at radius 2 is 1.32 bits per heavy atom. The summed E-state index contributed by atoms with van der Waals surface area (Å²) in [7, 11) is 0. The molecule has 8 N–H and O–H groups in total. The van der Waals surface area contributed by atoms with Crippen molar-refractivity contribution < 1.29 is 9.59 Å². The maximum Gasteiger partial charge on any atom is 0.242 e. The van der Waals surface area contributed by atoms with Gasteiger partial charge in [-0.2, -0.15) is 0 Å². The Balaban J connectivity index is 0.00000342. The van der Waals surface area contributed by atoms with Crippen molar-refractivity contribution in [1.29, 1.82) is 0 Å². The normalized spacial score (nSPS) is 10.8. The van der Waals surface area contributed by atoms with Crippen LogP contribution in [0, 0.1) is 0 Å². The number of aliphatic imine (C=N–C) groups is 1. The van der Waals surface area contributed by atoms with Crippen LogP contribution in [0.5, 0.6) is 0 Å². The van der Waals surface area contributed by atoms with Gasteiger partial charge in [-0.05, 0) is 41.7 Å². The monoisotopic (exact) mass is 544 g/mol. The summed E-state index contributed by atoms with van der Waals surface area (Å²) in [5.41, 5.74) is 19.8. The molecule has 3 rings (SSSR count). The first-order valence-corrected chi connectivity index (χ1v) is 11.5. The second kappa shape index (κ2) is 16.1. The van der Waals surface area contributed by atoms with Crippen molar-refractivity contribution >= 4 is 48.3 Å². The molecule has 0 aliphatic rings. The fraction of sp³-hybridized carbons (Fsp3) is 0.222. The lowest BCUT2D eigenvalue weighted by Crippen LogP contribution is -2.48. The maximum absolute atomic E-state index is 13.5. The van der Waals surface area contributed by atoms with E-state index in [1.165, 1.54) is 0 Å². The Morgan fingerprint density at radius 3 is 1.84 bits per heavy atom. The van der Waals surface area contributed by atoms with E-state index in [0.29, 0.717) is 31.6 Å². The largest absolute Gasteiger partial charge is 0.399 e. The van der Waals surface area contributed by atoms with Crippen LogP contribution in [0.3, 0.4) is 0 Å². The number of guanidine groups is 1. The summed E-state index contributed by atoms with van der Waals surface area (Å²) < 4.78 is 0. The molecule has 198 valence electrons. The molecule has 0 saturated heterocycles. The topological polar surface area (TPSA) is 149 Å². The number of nitrogens with zero attached hydrogens (tertiary/aromatic N) is 1. The Morgan fingerprint density at radius 1 is 0.784 bits per heavy atom. The quantitative estimate of drug-likeness (QED) is 0.109. The minimum Gasteiger partial charge on any atom is -0.399 e. The van der Waals surface area contributed by atoms with Crippen molar-refractivity contribution in [2.75, 3.05) is 12.3 Å². The highest BCUT2D eigenvalue weighted by Crippen LogP contribution is 2.25. The van der Waals surface area contributed by atoms with Gasteiger partial charge in [0.1, 0.15) is 6.04 Å². The lowest BCUT2D eigenvalue weighted by Gasteiger charge is -2.23. The van der Waals surface area contributed by atoms with Gasteiger partial charge in [-0.1, -0.05) is 72.8 Å². The molecular formula is C27H34Cl2N6O2. The molecule has 0 unspecified atom stereocenters. The lowest BCUT2D eigenvalue weighted by atomic mass is 9.90. The first-order chi connectivity index (χ1) is 16.9. The molecular weight excluding hydrogens is 511 g/mol. The zero-order chi connectivity index (χ0) is 25.0. The van der Waals surface area contributed by atoms with Crippen LogP contribution < -0.4 is 27.8 Å². The molecule has 0 spiro atoms. The van der Waals surface area contributed by atoms with Crippen molar-refractivity contribution in [2.45, 2.75) is 31.3 Å². The number of carbonyl (C=O) groups excluding carboxylic acids is 2. The first kappa shape index (κ1) is 31.3. The number of hydrogen-bond donors (Lipinski definition) is 5. The first-order valence-electron chi connectivity index (χ1n) is 11.5. The Hall–Kier alpha value is -3.75. The molecule has 0 aliphatic heterocycles. The molecule has 3 aromatic carbocycles. The van der Waals surface area contributed by atoms with Crippen molar-refractivity contribution in [3.63, 3.8) is 0 Å². The molecule has 0 saturated carbocycles. The van der Waals surface area contributed by atoms with Crippen LogP contribution in [-0.2, 0) is 16.1 Å². The van der Waals surface area contributed by atoms with Crippen LogP contribution in [0.15, 0.2) is 89.9 Å². The van der Waals surface area contributed by atoms with Crippen molar-refractivity contribution in [1.82, 2.24) is 10.6 Å². The Labute approximate surface area is 229 Å². The van der Waals surface area contributed by atoms with E-state index in [0.717, 1.165) is 16.7 Å². The number of nitrogen functional groups attached to an aromatic ring is 1. The van der Waals surface area contributed by atoms with E-state index >= 15 is 0 Å². The molecule has 0 fully saturated rings. The maximum atomic E-state index is 13.5. The fourth-order valence-electron chi connectivity index (χ4n) is 3.76. The molecule has 0 radical (unpaired) electrons. The van der Waals surface area contributed by atoms with Crippen molar-refractivity contribution in [3.05, 3.63) is 102 Å². The number of halogens is 2. The van der Waals surface area contributed by atoms with Crippen LogP contribution in [0.25, 0.3) is 0 Å². The fourth-order valence-corrected chi connectivity index (χ4v) is 3.76. The number of carbonyl (C=O) groups is 2. The third kappa shape index (κ3) is 10.0. The van der Waals surface area contributed by atoms with Crippen LogP contribution >= 0.6 is 24.8 Å². The number of hydrogen-bond acceptors (Lipinski definition) is 4. The predicted molar refractivity (Wildman–Crippen MR) is 154 cm³/mol. The highest BCUT2D eigenvalue weighted by molar-refractivity contribution is 5.92. The molecule has 1 atom stereocenters. The summed E-state index contributed by atoms with van der Waals surface area (Å²) in [6.45, 7) is 0.681. The van der Waals surface area contributed by atoms with Gasteiger partial charge in [0.25, 0.3) is 0 Å². The summed E-state index contributed by atoms with van der Waals surface area (Å²) >= 11 is 0. The number of rotatable bonds is 11. The van der Waals surface area contributed by atoms with E-state index in [1.807, 2.05) is 72.8 Å². The van der Waals surface area contributed by atoms with Crippen LogP contribution in [0.1, 0.15) is 35.4 Å². The van der Waals surface area contributed by atoms with E-state index < -0.39 is 12.0 Å². The SMILES string of the molecule is Cl.Cl.NC(N)=NCCC[C@@H](NC(=O)C(c1ccccc1)c1ccccc1)C(=O)NCc1ccc(N)cc1. The minimum atomic E-state index is -0.750. The van der Waals surface area contributed by atoms with Gasteiger partial charge in [0.15, 0.2) is 5.96 Å². The third-order valence-corrected chi connectivity index (χ3v) is 5.55.